The van der Waals surface area contributed by atoms with Gasteiger partial charge in [-0.2, -0.15) is 12.6 Å². The minimum absolute atomic E-state index is 0.118. The molecule has 0 aliphatic heterocycles. The van der Waals surface area contributed by atoms with Crippen LogP contribution in [0.15, 0.2) is 60.7 Å². The molecule has 0 radical (unpaired) electrons. The summed E-state index contributed by atoms with van der Waals surface area (Å²) >= 11 is 4.44. The fourth-order valence-corrected chi connectivity index (χ4v) is 2.38. The Morgan fingerprint density at radius 1 is 0.895 bits per heavy atom. The van der Waals surface area contributed by atoms with Crippen LogP contribution in [0.1, 0.15) is 30.1 Å². The third kappa shape index (κ3) is 4.12. The number of thiol groups is 1. The van der Waals surface area contributed by atoms with E-state index in [0.717, 1.165) is 5.75 Å². The summed E-state index contributed by atoms with van der Waals surface area (Å²) in [5.41, 5.74) is 2.51. The standard InChI is InChI=1S/C17H20OS/c1-14(15-8-4-2-5-9-15)18-12-17(13-19)16-10-6-3-7-11-16/h2-11,14,17,19H,12-13H2,1H3. The maximum absolute atomic E-state index is 5.99. The van der Waals surface area contributed by atoms with Crippen molar-refractivity contribution in [3.05, 3.63) is 71.8 Å². The van der Waals surface area contributed by atoms with Gasteiger partial charge in [-0.25, -0.2) is 0 Å². The second-order valence-corrected chi connectivity index (χ2v) is 5.04. The van der Waals surface area contributed by atoms with Gasteiger partial charge in [0.05, 0.1) is 12.7 Å². The molecule has 0 aliphatic carbocycles. The number of hydrogen-bond donors (Lipinski definition) is 1. The van der Waals surface area contributed by atoms with Crippen LogP contribution in [0.2, 0.25) is 0 Å². The summed E-state index contributed by atoms with van der Waals surface area (Å²) in [4.78, 5) is 0. The molecule has 2 aromatic carbocycles. The van der Waals surface area contributed by atoms with Crippen LogP contribution in [0.4, 0.5) is 0 Å². The molecule has 0 N–H and O–H groups in total. The zero-order valence-corrected chi connectivity index (χ0v) is 12.1. The van der Waals surface area contributed by atoms with Crippen LogP contribution >= 0.6 is 12.6 Å². The van der Waals surface area contributed by atoms with Crippen LogP contribution in [-0.4, -0.2) is 12.4 Å². The first kappa shape index (κ1) is 14.2. The normalized spacial score (nSPS) is 14.0. The van der Waals surface area contributed by atoms with Gasteiger partial charge in [-0.3, -0.25) is 0 Å². The van der Waals surface area contributed by atoms with Crippen molar-refractivity contribution in [2.45, 2.75) is 18.9 Å². The predicted molar refractivity (Wildman–Crippen MR) is 83.8 cm³/mol. The van der Waals surface area contributed by atoms with Gasteiger partial charge in [0.1, 0.15) is 0 Å². The minimum Gasteiger partial charge on any atom is -0.373 e. The molecule has 100 valence electrons. The maximum Gasteiger partial charge on any atom is 0.0797 e. The van der Waals surface area contributed by atoms with Crippen molar-refractivity contribution in [3.63, 3.8) is 0 Å². The van der Waals surface area contributed by atoms with E-state index in [1.54, 1.807) is 0 Å². The van der Waals surface area contributed by atoms with Gasteiger partial charge in [-0.05, 0) is 23.8 Å². The first-order valence-corrected chi connectivity index (χ1v) is 7.27. The lowest BCUT2D eigenvalue weighted by molar-refractivity contribution is 0.0582. The predicted octanol–water partition coefficient (Wildman–Crippen LogP) is 4.48. The number of rotatable bonds is 6. The Balaban J connectivity index is 1.94. The Labute approximate surface area is 121 Å². The number of benzene rings is 2. The highest BCUT2D eigenvalue weighted by atomic mass is 32.1. The second-order valence-electron chi connectivity index (χ2n) is 4.68. The third-order valence-corrected chi connectivity index (χ3v) is 3.75. The lowest BCUT2D eigenvalue weighted by Gasteiger charge is -2.19. The van der Waals surface area contributed by atoms with Crippen LogP contribution in [0.5, 0.6) is 0 Å². The molecule has 19 heavy (non-hydrogen) atoms. The summed E-state index contributed by atoms with van der Waals surface area (Å²) in [6.45, 7) is 2.79. The molecule has 0 heterocycles. The van der Waals surface area contributed by atoms with Gasteiger partial charge in [-0.1, -0.05) is 60.7 Å². The smallest absolute Gasteiger partial charge is 0.0797 e. The minimum atomic E-state index is 0.118. The largest absolute Gasteiger partial charge is 0.373 e. The van der Waals surface area contributed by atoms with Gasteiger partial charge in [0, 0.05) is 5.92 Å². The molecule has 2 unspecified atom stereocenters. The van der Waals surface area contributed by atoms with E-state index in [1.165, 1.54) is 11.1 Å². The van der Waals surface area contributed by atoms with Gasteiger partial charge in [-0.15, -0.1) is 0 Å². The van der Waals surface area contributed by atoms with Gasteiger partial charge < -0.3 is 4.74 Å². The molecule has 0 amide bonds. The Kier molecular flexibility index (Phi) is 5.49. The Morgan fingerprint density at radius 3 is 1.95 bits per heavy atom. The highest BCUT2D eigenvalue weighted by molar-refractivity contribution is 7.80. The number of ether oxygens (including phenoxy) is 1. The monoisotopic (exact) mass is 272 g/mol. The average Bonchev–Trinajstić information content (AvgIpc) is 2.49. The molecule has 2 atom stereocenters. The Morgan fingerprint density at radius 2 is 1.42 bits per heavy atom. The van der Waals surface area contributed by atoms with Gasteiger partial charge in [0.25, 0.3) is 0 Å². The Bertz CT molecular complexity index is 469. The van der Waals surface area contributed by atoms with E-state index in [4.69, 9.17) is 4.74 Å². The maximum atomic E-state index is 5.99. The van der Waals surface area contributed by atoms with E-state index in [2.05, 4.69) is 56.0 Å². The third-order valence-electron chi connectivity index (χ3n) is 3.31. The van der Waals surface area contributed by atoms with Crippen LogP contribution < -0.4 is 0 Å². The van der Waals surface area contributed by atoms with Crippen molar-refractivity contribution >= 4 is 12.6 Å². The number of hydrogen-bond acceptors (Lipinski definition) is 2. The van der Waals surface area contributed by atoms with Crippen molar-refractivity contribution in [3.8, 4) is 0 Å². The summed E-state index contributed by atoms with van der Waals surface area (Å²) in [5, 5.41) is 0. The van der Waals surface area contributed by atoms with E-state index in [-0.39, 0.29) is 6.10 Å². The molecular formula is C17H20OS. The first-order valence-electron chi connectivity index (χ1n) is 6.63. The zero-order valence-electron chi connectivity index (χ0n) is 11.2. The van der Waals surface area contributed by atoms with Crippen LogP contribution in [-0.2, 0) is 4.74 Å². The molecule has 2 heteroatoms. The van der Waals surface area contributed by atoms with Crippen molar-refractivity contribution in [2.75, 3.05) is 12.4 Å². The van der Waals surface area contributed by atoms with Crippen LogP contribution in [0, 0.1) is 0 Å². The Hall–Kier alpha value is -1.25. The lowest BCUT2D eigenvalue weighted by atomic mass is 10.0. The molecule has 0 saturated heterocycles. The highest BCUT2D eigenvalue weighted by Gasteiger charge is 2.12. The molecular weight excluding hydrogens is 252 g/mol. The van der Waals surface area contributed by atoms with Crippen LogP contribution in [0.3, 0.4) is 0 Å². The molecule has 2 aromatic rings. The molecule has 0 saturated carbocycles. The molecule has 0 fully saturated rings. The summed E-state index contributed by atoms with van der Waals surface area (Å²) in [7, 11) is 0. The molecule has 0 bridgehead atoms. The van der Waals surface area contributed by atoms with Crippen LogP contribution in [0.25, 0.3) is 0 Å². The molecule has 0 spiro atoms. The molecule has 0 aliphatic rings. The first-order chi connectivity index (χ1) is 9.31. The van der Waals surface area contributed by atoms with Crippen molar-refractivity contribution < 1.29 is 4.74 Å². The molecule has 0 aromatic heterocycles. The van der Waals surface area contributed by atoms with E-state index in [1.807, 2.05) is 24.3 Å². The molecule has 1 nitrogen and oxygen atoms in total. The topological polar surface area (TPSA) is 9.23 Å². The van der Waals surface area contributed by atoms with Gasteiger partial charge in [0.2, 0.25) is 0 Å². The summed E-state index contributed by atoms with van der Waals surface area (Å²) in [6, 6.07) is 20.7. The van der Waals surface area contributed by atoms with Crippen molar-refractivity contribution in [1.82, 2.24) is 0 Å². The molecule has 2 rings (SSSR count). The fraction of sp³-hybridized carbons (Fsp3) is 0.294. The average molecular weight is 272 g/mol. The fourth-order valence-electron chi connectivity index (χ4n) is 2.06. The summed E-state index contributed by atoms with van der Waals surface area (Å²) in [5.74, 6) is 1.14. The highest BCUT2D eigenvalue weighted by Crippen LogP contribution is 2.22. The van der Waals surface area contributed by atoms with Gasteiger partial charge >= 0.3 is 0 Å². The SMILES string of the molecule is CC(OCC(CS)c1ccccc1)c1ccccc1. The summed E-state index contributed by atoms with van der Waals surface area (Å²) < 4.78 is 5.99. The lowest BCUT2D eigenvalue weighted by Crippen LogP contribution is -2.11. The zero-order chi connectivity index (χ0) is 13.5. The second kappa shape index (κ2) is 7.37. The van der Waals surface area contributed by atoms with Crippen molar-refractivity contribution in [2.24, 2.45) is 0 Å². The van der Waals surface area contributed by atoms with E-state index in [0.29, 0.717) is 12.5 Å². The van der Waals surface area contributed by atoms with Crippen molar-refractivity contribution in [1.29, 1.82) is 0 Å². The summed E-state index contributed by atoms with van der Waals surface area (Å²) in [6.07, 6.45) is 0.118. The van der Waals surface area contributed by atoms with E-state index < -0.39 is 0 Å². The van der Waals surface area contributed by atoms with E-state index >= 15 is 0 Å². The van der Waals surface area contributed by atoms with Gasteiger partial charge in [0.15, 0.2) is 0 Å². The van der Waals surface area contributed by atoms with E-state index in [9.17, 15) is 0 Å². The quantitative estimate of drug-likeness (QED) is 0.763.